The Labute approximate surface area is 239 Å². The predicted octanol–water partition coefficient (Wildman–Crippen LogP) is 4.60. The largest absolute Gasteiger partial charge is 0.490 e. The van der Waals surface area contributed by atoms with E-state index in [0.717, 1.165) is 22.2 Å². The number of amides is 1. The maximum Gasteiger partial charge on any atom is 0.275 e. The van der Waals surface area contributed by atoms with Crippen molar-refractivity contribution in [1.82, 2.24) is 14.4 Å². The van der Waals surface area contributed by atoms with E-state index in [4.69, 9.17) is 24.8 Å². The molecule has 3 N–H and O–H groups in total. The van der Waals surface area contributed by atoms with Gasteiger partial charge in [-0.3, -0.25) is 19.8 Å². The Morgan fingerprint density at radius 2 is 1.95 bits per heavy atom. The van der Waals surface area contributed by atoms with E-state index in [0.29, 0.717) is 42.9 Å². The Bertz CT molecular complexity index is 1310. The smallest absolute Gasteiger partial charge is 0.275 e. The summed E-state index contributed by atoms with van der Waals surface area (Å²) in [6.07, 6.45) is 1.24. The number of aliphatic imine (C=N–C) groups is 1. The first kappa shape index (κ1) is 31.1. The molecule has 3 aromatic rings. The van der Waals surface area contributed by atoms with Gasteiger partial charge in [-0.2, -0.15) is 4.37 Å². The number of aryl methyl sites for hydroxylation is 1. The molecule has 3 rings (SSSR count). The fourth-order valence-corrected chi connectivity index (χ4v) is 4.65. The van der Waals surface area contributed by atoms with Gasteiger partial charge in [0.15, 0.2) is 6.29 Å². The number of aromatic nitrogens is 2. The molecule has 0 bridgehead atoms. The van der Waals surface area contributed by atoms with Crippen LogP contribution in [0.2, 0.25) is 0 Å². The number of hydrazine groups is 1. The third kappa shape index (κ3) is 8.29. The van der Waals surface area contributed by atoms with Gasteiger partial charge in [-0.25, -0.2) is 5.84 Å². The van der Waals surface area contributed by atoms with Crippen molar-refractivity contribution in [2.24, 2.45) is 10.8 Å². The van der Waals surface area contributed by atoms with Gasteiger partial charge >= 0.3 is 0 Å². The van der Waals surface area contributed by atoms with Crippen LogP contribution in [0.15, 0.2) is 52.9 Å². The van der Waals surface area contributed by atoms with E-state index in [2.05, 4.69) is 26.4 Å². The molecule has 1 atom stereocenters. The van der Waals surface area contributed by atoms with Crippen LogP contribution in [0.3, 0.4) is 0 Å². The van der Waals surface area contributed by atoms with Gasteiger partial charge in [-0.1, -0.05) is 6.07 Å². The summed E-state index contributed by atoms with van der Waals surface area (Å²) in [6.45, 7) is 13.0. The maximum absolute atomic E-state index is 13.7. The number of pyridine rings is 1. The Kier molecular flexibility index (Phi) is 12.0. The number of anilines is 1. The Morgan fingerprint density at radius 3 is 2.58 bits per heavy atom. The van der Waals surface area contributed by atoms with Crippen LogP contribution < -0.4 is 15.9 Å². The van der Waals surface area contributed by atoms with Crippen molar-refractivity contribution in [3.63, 3.8) is 0 Å². The zero-order valence-electron chi connectivity index (χ0n) is 23.7. The fraction of sp³-hybridized carbons (Fsp3) is 0.429. The average molecular weight is 571 g/mol. The number of nitrogens with zero attached hydrogens (tertiary/aromatic N) is 4. The van der Waals surface area contributed by atoms with Crippen LogP contribution in [-0.2, 0) is 19.0 Å². The molecule has 0 saturated heterocycles. The molecule has 2 aromatic heterocycles. The number of carbonyl (C=O) groups excluding carboxylic acids is 1. The molecule has 11 nitrogen and oxygen atoms in total. The molecular formula is C28H38N6O5S. The van der Waals surface area contributed by atoms with E-state index in [1.165, 1.54) is 16.5 Å². The van der Waals surface area contributed by atoms with Gasteiger partial charge in [0.1, 0.15) is 23.1 Å². The van der Waals surface area contributed by atoms with Crippen molar-refractivity contribution in [3.05, 3.63) is 59.2 Å². The van der Waals surface area contributed by atoms with Gasteiger partial charge < -0.3 is 24.3 Å². The molecule has 1 aromatic carbocycles. The van der Waals surface area contributed by atoms with Gasteiger partial charge in [0.2, 0.25) is 0 Å². The molecule has 0 saturated carbocycles. The Morgan fingerprint density at radius 1 is 1.20 bits per heavy atom. The van der Waals surface area contributed by atoms with E-state index < -0.39 is 18.2 Å². The molecule has 40 heavy (non-hydrogen) atoms. The zero-order valence-corrected chi connectivity index (χ0v) is 24.5. The first-order chi connectivity index (χ1) is 19.3. The topological polar surface area (TPSA) is 133 Å². The first-order valence-corrected chi connectivity index (χ1v) is 13.8. The van der Waals surface area contributed by atoms with Gasteiger partial charge in [-0.05, 0) is 75.8 Å². The summed E-state index contributed by atoms with van der Waals surface area (Å²) >= 11 is 1.18. The minimum absolute atomic E-state index is 0.146. The number of hydrogen-bond acceptors (Lipinski definition) is 11. The summed E-state index contributed by atoms with van der Waals surface area (Å²) in [6, 6.07) is 9.08. The maximum atomic E-state index is 13.7. The monoisotopic (exact) mass is 570 g/mol. The van der Waals surface area contributed by atoms with Crippen LogP contribution in [0.4, 0.5) is 5.00 Å². The highest BCUT2D eigenvalue weighted by molar-refractivity contribution is 7.10. The van der Waals surface area contributed by atoms with E-state index in [1.807, 2.05) is 52.0 Å². The van der Waals surface area contributed by atoms with Crippen LogP contribution in [0.1, 0.15) is 44.5 Å². The second-order valence-corrected chi connectivity index (χ2v) is 9.64. The lowest BCUT2D eigenvalue weighted by Crippen LogP contribution is -2.39. The summed E-state index contributed by atoms with van der Waals surface area (Å²) in [5.41, 5.74) is 2.95. The number of nitrogens with one attached hydrogen (secondary N) is 1. The van der Waals surface area contributed by atoms with Gasteiger partial charge in [-0.15, -0.1) is 0 Å². The van der Waals surface area contributed by atoms with Crippen LogP contribution in [0.5, 0.6) is 5.75 Å². The number of carbonyl (C=O) groups is 1. The zero-order chi connectivity index (χ0) is 29.1. The molecule has 1 amide bonds. The molecule has 0 aliphatic heterocycles. The molecule has 1 unspecified atom stereocenters. The van der Waals surface area contributed by atoms with Gasteiger partial charge in [0, 0.05) is 32.1 Å². The lowest BCUT2D eigenvalue weighted by Gasteiger charge is -2.30. The number of ether oxygens (including phenoxy) is 4. The lowest BCUT2D eigenvalue weighted by atomic mass is 10.0. The number of nitrogens with two attached hydrogens (primary N) is 1. The van der Waals surface area contributed by atoms with Crippen LogP contribution in [0.25, 0.3) is 10.9 Å². The Balaban J connectivity index is 1.98. The minimum atomic E-state index is -0.615. The highest BCUT2D eigenvalue weighted by Crippen LogP contribution is 2.29. The minimum Gasteiger partial charge on any atom is -0.490 e. The number of fused-ring (bicyclic) bond motifs is 1. The highest BCUT2D eigenvalue weighted by Gasteiger charge is 2.27. The fourth-order valence-electron chi connectivity index (χ4n) is 3.99. The third-order valence-corrected chi connectivity index (χ3v) is 6.80. The van der Waals surface area contributed by atoms with Crippen molar-refractivity contribution >= 4 is 40.1 Å². The van der Waals surface area contributed by atoms with Crippen LogP contribution in [0, 0.1) is 6.92 Å². The van der Waals surface area contributed by atoms with Crippen LogP contribution in [-0.4, -0.2) is 66.8 Å². The normalized spacial score (nSPS) is 12.8. The summed E-state index contributed by atoms with van der Waals surface area (Å²) in [4.78, 5) is 22.3. The molecule has 216 valence electrons. The SMILES string of the molecule is C=N/C(CC(OCC)OCC)=C(/C(=O)Nc1cc(C)ns1)N(N)C(C)c1ccc2ncc(OCCOC)cc2c1. The van der Waals surface area contributed by atoms with Crippen molar-refractivity contribution < 1.29 is 23.7 Å². The summed E-state index contributed by atoms with van der Waals surface area (Å²) < 4.78 is 26.5. The molecule has 0 spiro atoms. The van der Waals surface area contributed by atoms with E-state index in [1.54, 1.807) is 19.4 Å². The van der Waals surface area contributed by atoms with Crippen molar-refractivity contribution in [2.75, 3.05) is 38.9 Å². The number of benzene rings is 1. The van der Waals surface area contributed by atoms with Crippen molar-refractivity contribution in [2.45, 2.75) is 46.4 Å². The number of hydrogen-bond donors (Lipinski definition) is 2. The average Bonchev–Trinajstić information content (AvgIpc) is 3.36. The van der Waals surface area contributed by atoms with E-state index >= 15 is 0 Å². The van der Waals surface area contributed by atoms with Gasteiger partial charge in [0.25, 0.3) is 5.91 Å². The second-order valence-electron chi connectivity index (χ2n) is 8.83. The Hall–Kier alpha value is -3.42. The number of rotatable bonds is 16. The lowest BCUT2D eigenvalue weighted by molar-refractivity contribution is -0.134. The molecule has 0 radical (unpaired) electrons. The predicted molar refractivity (Wildman–Crippen MR) is 157 cm³/mol. The molecule has 0 fully saturated rings. The molecular weight excluding hydrogens is 532 g/mol. The van der Waals surface area contributed by atoms with E-state index in [9.17, 15) is 4.79 Å². The molecule has 12 heteroatoms. The standard InChI is InChI=1S/C28H38N6O5S/c1-7-37-26(38-8-2)16-24(30-5)27(28(35)32-25-13-18(3)33-40-25)34(29)19(4)20-9-10-23-21(14-20)15-22(17-31-23)39-12-11-36-6/h9-10,13-15,17,19,26H,5,7-8,11-12,16,29H2,1-4,6H3,(H,32,35)/b27-24-. The van der Waals surface area contributed by atoms with Crippen molar-refractivity contribution in [1.29, 1.82) is 0 Å². The number of methoxy groups -OCH3 is 1. The quantitative estimate of drug-likeness (QED) is 0.0633. The second kappa shape index (κ2) is 15.4. The van der Waals surface area contributed by atoms with Crippen LogP contribution >= 0.6 is 11.5 Å². The summed E-state index contributed by atoms with van der Waals surface area (Å²) in [5.74, 6) is 6.88. The first-order valence-electron chi connectivity index (χ1n) is 13.0. The highest BCUT2D eigenvalue weighted by atomic mass is 32.1. The third-order valence-electron chi connectivity index (χ3n) is 6.00. The van der Waals surface area contributed by atoms with Gasteiger partial charge in [0.05, 0.1) is 35.8 Å². The molecule has 2 heterocycles. The summed E-state index contributed by atoms with van der Waals surface area (Å²) in [5, 5.41) is 5.76. The molecule has 0 aliphatic carbocycles. The van der Waals surface area contributed by atoms with E-state index in [-0.39, 0.29) is 12.1 Å². The summed E-state index contributed by atoms with van der Waals surface area (Å²) in [7, 11) is 1.62. The van der Waals surface area contributed by atoms with Crippen molar-refractivity contribution in [3.8, 4) is 5.75 Å². The molecule has 0 aliphatic rings.